The van der Waals surface area contributed by atoms with Gasteiger partial charge in [0.1, 0.15) is 0 Å². The number of carbonyl (C=O) groups is 2. The summed E-state index contributed by atoms with van der Waals surface area (Å²) in [6.45, 7) is 7.84. The third-order valence-corrected chi connectivity index (χ3v) is 2.29. The molecule has 0 aromatic rings. The van der Waals surface area contributed by atoms with Gasteiger partial charge in [-0.15, -0.1) is 0 Å². The van der Waals surface area contributed by atoms with Crippen LogP contribution in [0.2, 0.25) is 0 Å². The largest absolute Gasteiger partial charge is 0.349 e. The van der Waals surface area contributed by atoms with E-state index >= 15 is 0 Å². The number of carbonyl (C=O) groups excluding carboxylic acids is 2. The van der Waals surface area contributed by atoms with Crippen LogP contribution in [-0.2, 0) is 9.59 Å². The number of amides is 1. The lowest BCUT2D eigenvalue weighted by molar-refractivity contribution is -0.129. The molecule has 0 saturated carbocycles. The molecule has 1 N–H and O–H groups in total. The predicted molar refractivity (Wildman–Crippen MR) is 61.6 cm³/mol. The number of ketones is 1. The van der Waals surface area contributed by atoms with E-state index in [0.29, 0.717) is 6.42 Å². The van der Waals surface area contributed by atoms with Crippen molar-refractivity contribution in [3.05, 3.63) is 0 Å². The van der Waals surface area contributed by atoms with Crippen molar-refractivity contribution in [2.24, 2.45) is 5.41 Å². The van der Waals surface area contributed by atoms with Gasteiger partial charge < -0.3 is 5.32 Å². The normalized spacial score (nSPS) is 11.2. The molecule has 88 valence electrons. The molecule has 3 nitrogen and oxygen atoms in total. The zero-order valence-corrected chi connectivity index (χ0v) is 10.4. The first kappa shape index (κ1) is 14.1. The first-order chi connectivity index (χ1) is 6.88. The van der Waals surface area contributed by atoms with Crippen molar-refractivity contribution in [1.29, 1.82) is 0 Å². The summed E-state index contributed by atoms with van der Waals surface area (Å²) in [4.78, 5) is 22.8. The molecule has 0 saturated heterocycles. The van der Waals surface area contributed by atoms with E-state index in [4.69, 9.17) is 0 Å². The molecule has 15 heavy (non-hydrogen) atoms. The highest BCUT2D eigenvalue weighted by Crippen LogP contribution is 2.13. The third-order valence-electron chi connectivity index (χ3n) is 2.29. The topological polar surface area (TPSA) is 46.2 Å². The van der Waals surface area contributed by atoms with Crippen molar-refractivity contribution in [3.63, 3.8) is 0 Å². The fraction of sp³-hybridized carbons (Fsp3) is 0.833. The average molecular weight is 213 g/mol. The van der Waals surface area contributed by atoms with E-state index in [1.807, 2.05) is 20.8 Å². The zero-order chi connectivity index (χ0) is 11.9. The Hall–Kier alpha value is -0.860. The van der Waals surface area contributed by atoms with Crippen LogP contribution in [0.5, 0.6) is 0 Å². The van der Waals surface area contributed by atoms with Crippen LogP contribution >= 0.6 is 0 Å². The maximum Gasteiger partial charge on any atom is 0.220 e. The molecule has 0 aliphatic rings. The summed E-state index contributed by atoms with van der Waals surface area (Å²) < 4.78 is 0. The average Bonchev–Trinajstić information content (AvgIpc) is 2.13. The van der Waals surface area contributed by atoms with E-state index in [9.17, 15) is 9.59 Å². The molecule has 0 radical (unpaired) electrons. The molecule has 3 heteroatoms. The van der Waals surface area contributed by atoms with E-state index in [-0.39, 0.29) is 23.7 Å². The molecule has 0 aliphatic carbocycles. The second kappa shape index (κ2) is 6.59. The van der Waals surface area contributed by atoms with Gasteiger partial charge >= 0.3 is 0 Å². The minimum Gasteiger partial charge on any atom is -0.349 e. The molecule has 0 aromatic heterocycles. The van der Waals surface area contributed by atoms with Crippen molar-refractivity contribution in [2.45, 2.75) is 53.4 Å². The van der Waals surface area contributed by atoms with Gasteiger partial charge in [-0.2, -0.15) is 0 Å². The van der Waals surface area contributed by atoms with Gasteiger partial charge in [-0.05, 0) is 6.42 Å². The van der Waals surface area contributed by atoms with Crippen LogP contribution in [0.25, 0.3) is 0 Å². The molecule has 0 aliphatic heterocycles. The summed E-state index contributed by atoms with van der Waals surface area (Å²) >= 11 is 0. The summed E-state index contributed by atoms with van der Waals surface area (Å²) in [6.07, 6.45) is 3.62. The fourth-order valence-corrected chi connectivity index (χ4v) is 1.07. The number of hydrogen-bond donors (Lipinski definition) is 1. The smallest absolute Gasteiger partial charge is 0.220 e. The molecule has 0 unspecified atom stereocenters. The van der Waals surface area contributed by atoms with Crippen molar-refractivity contribution >= 4 is 11.7 Å². The molecular formula is C12H23NO2. The molecule has 1 amide bonds. The lowest BCUT2D eigenvalue weighted by atomic mass is 9.91. The van der Waals surface area contributed by atoms with Crippen LogP contribution in [0, 0.1) is 5.41 Å². The van der Waals surface area contributed by atoms with Gasteiger partial charge in [0, 0.05) is 11.8 Å². The van der Waals surface area contributed by atoms with Gasteiger partial charge in [0.05, 0.1) is 6.54 Å². The Labute approximate surface area is 92.6 Å². The van der Waals surface area contributed by atoms with E-state index < -0.39 is 0 Å². The zero-order valence-electron chi connectivity index (χ0n) is 10.4. The van der Waals surface area contributed by atoms with Crippen molar-refractivity contribution < 1.29 is 9.59 Å². The standard InChI is InChI=1S/C12H23NO2/c1-5-6-7-8-11(15)13-9-10(14)12(2,3)4/h5-9H2,1-4H3,(H,13,15). The van der Waals surface area contributed by atoms with E-state index in [0.717, 1.165) is 19.3 Å². The molecule has 0 bridgehead atoms. The number of rotatable bonds is 6. The van der Waals surface area contributed by atoms with E-state index in [2.05, 4.69) is 12.2 Å². The predicted octanol–water partition coefficient (Wildman–Crippen LogP) is 2.30. The first-order valence-corrected chi connectivity index (χ1v) is 5.68. The maximum absolute atomic E-state index is 11.5. The number of hydrogen-bond acceptors (Lipinski definition) is 2. The Bertz CT molecular complexity index is 216. The molecule has 0 heterocycles. The van der Waals surface area contributed by atoms with Gasteiger partial charge in [0.15, 0.2) is 5.78 Å². The summed E-state index contributed by atoms with van der Waals surface area (Å²) in [5.74, 6) is 0.0624. The summed E-state index contributed by atoms with van der Waals surface area (Å²) in [5, 5.41) is 2.66. The molecule has 0 spiro atoms. The molecule has 0 fully saturated rings. The van der Waals surface area contributed by atoms with Crippen LogP contribution in [0.15, 0.2) is 0 Å². The van der Waals surface area contributed by atoms with E-state index in [1.54, 1.807) is 0 Å². The Morgan fingerprint density at radius 1 is 1.13 bits per heavy atom. The Morgan fingerprint density at radius 2 is 1.73 bits per heavy atom. The lowest BCUT2D eigenvalue weighted by Crippen LogP contribution is -2.35. The first-order valence-electron chi connectivity index (χ1n) is 5.68. The molecule has 0 rings (SSSR count). The SMILES string of the molecule is CCCCCC(=O)NCC(=O)C(C)(C)C. The number of unbranched alkanes of at least 4 members (excludes halogenated alkanes) is 2. The summed E-state index contributed by atoms with van der Waals surface area (Å²) in [5.41, 5.74) is -0.364. The highest BCUT2D eigenvalue weighted by molar-refractivity contribution is 5.89. The highest BCUT2D eigenvalue weighted by atomic mass is 16.2. The Kier molecular flexibility index (Phi) is 6.21. The molecule has 0 aromatic carbocycles. The van der Waals surface area contributed by atoms with Gasteiger partial charge in [0.25, 0.3) is 0 Å². The van der Waals surface area contributed by atoms with Crippen LogP contribution in [0.4, 0.5) is 0 Å². The monoisotopic (exact) mass is 213 g/mol. The van der Waals surface area contributed by atoms with Crippen LogP contribution in [-0.4, -0.2) is 18.2 Å². The number of nitrogens with one attached hydrogen (secondary N) is 1. The summed E-state index contributed by atoms with van der Waals surface area (Å²) in [6, 6.07) is 0. The Balaban J connectivity index is 3.67. The third kappa shape index (κ3) is 7.11. The van der Waals surface area contributed by atoms with Crippen molar-refractivity contribution in [3.8, 4) is 0 Å². The maximum atomic E-state index is 11.5. The highest BCUT2D eigenvalue weighted by Gasteiger charge is 2.20. The quantitative estimate of drug-likeness (QED) is 0.688. The minimum absolute atomic E-state index is 0.0129. The van der Waals surface area contributed by atoms with Gasteiger partial charge in [-0.1, -0.05) is 40.5 Å². The van der Waals surface area contributed by atoms with Crippen LogP contribution in [0.1, 0.15) is 53.4 Å². The van der Waals surface area contributed by atoms with Gasteiger partial charge in [-0.25, -0.2) is 0 Å². The van der Waals surface area contributed by atoms with Crippen molar-refractivity contribution in [1.82, 2.24) is 5.32 Å². The molecular weight excluding hydrogens is 190 g/mol. The van der Waals surface area contributed by atoms with Crippen molar-refractivity contribution in [2.75, 3.05) is 6.54 Å². The number of Topliss-reactive ketones (excluding diaryl/α,β-unsaturated/α-hetero) is 1. The Morgan fingerprint density at radius 3 is 2.20 bits per heavy atom. The van der Waals surface area contributed by atoms with Crippen LogP contribution < -0.4 is 5.32 Å². The van der Waals surface area contributed by atoms with Gasteiger partial charge in [0.2, 0.25) is 5.91 Å². The minimum atomic E-state index is -0.364. The van der Waals surface area contributed by atoms with E-state index in [1.165, 1.54) is 0 Å². The van der Waals surface area contributed by atoms with Crippen LogP contribution in [0.3, 0.4) is 0 Å². The second-order valence-electron chi connectivity index (χ2n) is 4.91. The lowest BCUT2D eigenvalue weighted by Gasteiger charge is -2.16. The molecule has 0 atom stereocenters. The fourth-order valence-electron chi connectivity index (χ4n) is 1.07. The summed E-state index contributed by atoms with van der Waals surface area (Å²) in [7, 11) is 0. The second-order valence-corrected chi connectivity index (χ2v) is 4.91. The van der Waals surface area contributed by atoms with Gasteiger partial charge in [-0.3, -0.25) is 9.59 Å².